The highest BCUT2D eigenvalue weighted by Crippen LogP contribution is 2.14. The van der Waals surface area contributed by atoms with Gasteiger partial charge in [-0.05, 0) is 39.0 Å². The van der Waals surface area contributed by atoms with Crippen LogP contribution in [0.2, 0.25) is 0 Å². The van der Waals surface area contributed by atoms with Crippen LogP contribution in [0.25, 0.3) is 0 Å². The monoisotopic (exact) mass is 263 g/mol. The van der Waals surface area contributed by atoms with Gasteiger partial charge in [-0.1, -0.05) is 6.07 Å². The molecule has 0 aromatic heterocycles. The van der Waals surface area contributed by atoms with Crippen LogP contribution in [-0.4, -0.2) is 41.9 Å². The Hall–Kier alpha value is -1.95. The molecule has 0 saturated carbocycles. The standard InChI is InChI=1S/C13H17N3O3/c1-15-7-5-11(6-8-15)14-13(17)10-3-2-4-12(9-10)16(18)19/h2-4,9,11H,5-8H2,1H3,(H,14,17). The zero-order chi connectivity index (χ0) is 13.8. The number of benzene rings is 1. The molecular weight excluding hydrogens is 246 g/mol. The van der Waals surface area contributed by atoms with E-state index in [2.05, 4.69) is 17.3 Å². The van der Waals surface area contributed by atoms with Crippen LogP contribution in [0.4, 0.5) is 5.69 Å². The number of hydrogen-bond acceptors (Lipinski definition) is 4. The Kier molecular flexibility index (Phi) is 4.11. The molecule has 1 aromatic carbocycles. The Labute approximate surface area is 111 Å². The fraction of sp³-hybridized carbons (Fsp3) is 0.462. The Morgan fingerprint density at radius 2 is 2.11 bits per heavy atom. The van der Waals surface area contributed by atoms with Crippen molar-refractivity contribution < 1.29 is 9.72 Å². The lowest BCUT2D eigenvalue weighted by atomic mass is 10.0. The van der Waals surface area contributed by atoms with Crippen LogP contribution in [0, 0.1) is 10.1 Å². The molecule has 0 spiro atoms. The van der Waals surface area contributed by atoms with Crippen molar-refractivity contribution in [2.45, 2.75) is 18.9 Å². The van der Waals surface area contributed by atoms with Crippen LogP contribution >= 0.6 is 0 Å². The third kappa shape index (κ3) is 3.51. The predicted molar refractivity (Wildman–Crippen MR) is 71.1 cm³/mol. The van der Waals surface area contributed by atoms with Crippen molar-refractivity contribution in [3.05, 3.63) is 39.9 Å². The lowest BCUT2D eigenvalue weighted by molar-refractivity contribution is -0.384. The number of carbonyl (C=O) groups excluding carboxylic acids is 1. The number of hydrogen-bond donors (Lipinski definition) is 1. The summed E-state index contributed by atoms with van der Waals surface area (Å²) in [5.41, 5.74) is 0.282. The number of piperidine rings is 1. The first-order valence-corrected chi connectivity index (χ1v) is 6.30. The van der Waals surface area contributed by atoms with E-state index >= 15 is 0 Å². The Bertz CT molecular complexity index is 482. The van der Waals surface area contributed by atoms with Gasteiger partial charge in [-0.3, -0.25) is 14.9 Å². The first-order chi connectivity index (χ1) is 9.06. The fourth-order valence-electron chi connectivity index (χ4n) is 2.18. The molecule has 6 heteroatoms. The number of likely N-dealkylation sites (tertiary alicyclic amines) is 1. The minimum Gasteiger partial charge on any atom is -0.349 e. The molecule has 102 valence electrons. The summed E-state index contributed by atoms with van der Waals surface area (Å²) >= 11 is 0. The van der Waals surface area contributed by atoms with E-state index in [0.29, 0.717) is 5.56 Å². The lowest BCUT2D eigenvalue weighted by Gasteiger charge is -2.29. The van der Waals surface area contributed by atoms with Crippen LogP contribution in [0.1, 0.15) is 23.2 Å². The van der Waals surface area contributed by atoms with E-state index in [-0.39, 0.29) is 17.6 Å². The Morgan fingerprint density at radius 3 is 2.74 bits per heavy atom. The SMILES string of the molecule is CN1CCC(NC(=O)c2cccc([N+](=O)[O-])c2)CC1. The fourth-order valence-corrected chi connectivity index (χ4v) is 2.18. The third-order valence-corrected chi connectivity index (χ3v) is 3.37. The van der Waals surface area contributed by atoms with Crippen molar-refractivity contribution in [3.8, 4) is 0 Å². The zero-order valence-electron chi connectivity index (χ0n) is 10.8. The van der Waals surface area contributed by atoms with Gasteiger partial charge >= 0.3 is 0 Å². The number of nitrogens with zero attached hydrogens (tertiary/aromatic N) is 2. The second kappa shape index (κ2) is 5.79. The summed E-state index contributed by atoms with van der Waals surface area (Å²) in [5, 5.41) is 13.6. The molecule has 1 heterocycles. The van der Waals surface area contributed by atoms with Crippen molar-refractivity contribution in [1.29, 1.82) is 0 Å². The lowest BCUT2D eigenvalue weighted by Crippen LogP contribution is -2.43. The minimum atomic E-state index is -0.494. The van der Waals surface area contributed by atoms with E-state index in [9.17, 15) is 14.9 Å². The van der Waals surface area contributed by atoms with Crippen molar-refractivity contribution in [1.82, 2.24) is 10.2 Å². The molecule has 6 nitrogen and oxygen atoms in total. The average molecular weight is 263 g/mol. The number of nitrogens with one attached hydrogen (secondary N) is 1. The van der Waals surface area contributed by atoms with Crippen molar-refractivity contribution >= 4 is 11.6 Å². The molecule has 1 saturated heterocycles. The molecular formula is C13H17N3O3. The minimum absolute atomic E-state index is 0.0592. The Morgan fingerprint density at radius 1 is 1.42 bits per heavy atom. The smallest absolute Gasteiger partial charge is 0.270 e. The molecule has 0 radical (unpaired) electrons. The summed E-state index contributed by atoms with van der Waals surface area (Å²) in [7, 11) is 2.05. The maximum atomic E-state index is 12.0. The number of carbonyl (C=O) groups is 1. The summed E-state index contributed by atoms with van der Waals surface area (Å²) in [6, 6.07) is 5.97. The van der Waals surface area contributed by atoms with E-state index < -0.39 is 4.92 Å². The quantitative estimate of drug-likeness (QED) is 0.661. The molecule has 1 N–H and O–H groups in total. The molecule has 0 aliphatic carbocycles. The normalized spacial score (nSPS) is 17.1. The van der Waals surface area contributed by atoms with Crippen molar-refractivity contribution in [2.75, 3.05) is 20.1 Å². The second-order valence-electron chi connectivity index (χ2n) is 4.86. The first kappa shape index (κ1) is 13.5. The summed E-state index contributed by atoms with van der Waals surface area (Å²) < 4.78 is 0. The number of non-ortho nitro benzene ring substituents is 1. The maximum Gasteiger partial charge on any atom is 0.270 e. The summed E-state index contributed by atoms with van der Waals surface area (Å²) in [4.78, 5) is 24.4. The third-order valence-electron chi connectivity index (χ3n) is 3.37. The molecule has 1 aromatic rings. The molecule has 1 amide bonds. The first-order valence-electron chi connectivity index (χ1n) is 6.30. The second-order valence-corrected chi connectivity index (χ2v) is 4.86. The molecule has 0 atom stereocenters. The molecule has 1 fully saturated rings. The van der Waals surface area contributed by atoms with Gasteiger partial charge < -0.3 is 10.2 Å². The molecule has 1 aliphatic heterocycles. The number of nitro groups is 1. The van der Waals surface area contributed by atoms with Gasteiger partial charge in [-0.25, -0.2) is 0 Å². The van der Waals surface area contributed by atoms with Gasteiger partial charge in [0.1, 0.15) is 0 Å². The van der Waals surface area contributed by atoms with E-state index in [4.69, 9.17) is 0 Å². The van der Waals surface area contributed by atoms with Crippen LogP contribution in [-0.2, 0) is 0 Å². The number of nitro benzene ring substituents is 1. The van der Waals surface area contributed by atoms with E-state index in [1.165, 1.54) is 18.2 Å². The van der Waals surface area contributed by atoms with Gasteiger partial charge in [0.2, 0.25) is 0 Å². The van der Waals surface area contributed by atoms with Crippen LogP contribution in [0.5, 0.6) is 0 Å². The van der Waals surface area contributed by atoms with Gasteiger partial charge in [0.25, 0.3) is 11.6 Å². The molecule has 2 rings (SSSR count). The highest BCUT2D eigenvalue weighted by molar-refractivity contribution is 5.95. The highest BCUT2D eigenvalue weighted by atomic mass is 16.6. The predicted octanol–water partition coefficient (Wildman–Crippen LogP) is 1.42. The molecule has 1 aliphatic rings. The Balaban J connectivity index is 2.00. The molecule has 0 unspecified atom stereocenters. The zero-order valence-corrected chi connectivity index (χ0v) is 10.8. The van der Waals surface area contributed by atoms with Gasteiger partial charge in [-0.15, -0.1) is 0 Å². The highest BCUT2D eigenvalue weighted by Gasteiger charge is 2.19. The van der Waals surface area contributed by atoms with Crippen LogP contribution < -0.4 is 5.32 Å². The summed E-state index contributed by atoms with van der Waals surface area (Å²) in [6.07, 6.45) is 1.83. The topological polar surface area (TPSA) is 75.5 Å². The van der Waals surface area contributed by atoms with Gasteiger partial charge in [0.15, 0.2) is 0 Å². The average Bonchev–Trinajstić information content (AvgIpc) is 2.41. The molecule has 0 bridgehead atoms. The van der Waals surface area contributed by atoms with E-state index in [1.54, 1.807) is 6.07 Å². The van der Waals surface area contributed by atoms with Crippen LogP contribution in [0.15, 0.2) is 24.3 Å². The summed E-state index contributed by atoms with van der Waals surface area (Å²) in [6.45, 7) is 1.92. The van der Waals surface area contributed by atoms with Crippen molar-refractivity contribution in [2.24, 2.45) is 0 Å². The maximum absolute atomic E-state index is 12.0. The number of rotatable bonds is 3. The summed E-state index contributed by atoms with van der Waals surface area (Å²) in [5.74, 6) is -0.238. The van der Waals surface area contributed by atoms with Gasteiger partial charge in [0.05, 0.1) is 4.92 Å². The largest absolute Gasteiger partial charge is 0.349 e. The van der Waals surface area contributed by atoms with Gasteiger partial charge in [-0.2, -0.15) is 0 Å². The van der Waals surface area contributed by atoms with Crippen LogP contribution in [0.3, 0.4) is 0 Å². The van der Waals surface area contributed by atoms with Crippen molar-refractivity contribution in [3.63, 3.8) is 0 Å². The molecule has 19 heavy (non-hydrogen) atoms. The van der Waals surface area contributed by atoms with E-state index in [0.717, 1.165) is 25.9 Å². The van der Waals surface area contributed by atoms with E-state index in [1.807, 2.05) is 0 Å². The van der Waals surface area contributed by atoms with Gasteiger partial charge in [0, 0.05) is 23.7 Å². The number of amides is 1.